The summed E-state index contributed by atoms with van der Waals surface area (Å²) in [5, 5.41) is 9.89. The summed E-state index contributed by atoms with van der Waals surface area (Å²) in [6, 6.07) is 15.4. The fourth-order valence-electron chi connectivity index (χ4n) is 3.99. The van der Waals surface area contributed by atoms with Gasteiger partial charge < -0.3 is 15.0 Å². The molecule has 1 fully saturated rings. The number of hydrogen-bond donors (Lipinski definition) is 2. The van der Waals surface area contributed by atoms with Crippen LogP contribution in [-0.2, 0) is 11.2 Å². The fraction of sp³-hybridized carbons (Fsp3) is 0.318. The number of aromatic amines is 1. The van der Waals surface area contributed by atoms with Gasteiger partial charge in [-0.3, -0.25) is 9.59 Å². The molecule has 1 amide bonds. The summed E-state index contributed by atoms with van der Waals surface area (Å²) in [6.45, 7) is 0.919. The first-order valence-electron chi connectivity index (χ1n) is 9.57. The predicted octanol–water partition coefficient (Wildman–Crippen LogP) is 3.50. The summed E-state index contributed by atoms with van der Waals surface area (Å²) in [6.07, 6.45) is 3.89. The number of rotatable bonds is 5. The highest BCUT2D eigenvalue weighted by Gasteiger charge is 2.42. The van der Waals surface area contributed by atoms with Crippen LogP contribution in [0.2, 0.25) is 0 Å². The van der Waals surface area contributed by atoms with Crippen molar-refractivity contribution in [1.29, 1.82) is 0 Å². The third kappa shape index (κ3) is 3.50. The molecule has 144 valence electrons. The van der Waals surface area contributed by atoms with Crippen LogP contribution < -0.4 is 0 Å². The van der Waals surface area contributed by atoms with E-state index < -0.39 is 11.4 Å². The number of benzene rings is 2. The zero-order valence-corrected chi connectivity index (χ0v) is 15.6. The summed E-state index contributed by atoms with van der Waals surface area (Å²) in [7, 11) is 0. The topological polar surface area (TPSA) is 86.3 Å². The number of piperidine rings is 1. The molecule has 0 unspecified atom stereocenters. The highest BCUT2D eigenvalue weighted by Crippen LogP contribution is 2.37. The first-order valence-corrected chi connectivity index (χ1v) is 9.57. The number of aliphatic carboxylic acids is 1. The second-order valence-electron chi connectivity index (χ2n) is 7.50. The smallest absolute Gasteiger partial charge is 0.309 e. The Morgan fingerprint density at radius 2 is 1.86 bits per heavy atom. The number of amides is 1. The number of imidazole rings is 1. The SMILES string of the molecule is O=C(c1ccc2nc[nH]c2c1)N1CCC(CCc2ccccc2)(C(=O)O)CC1. The maximum Gasteiger partial charge on any atom is 0.309 e. The van der Waals surface area contributed by atoms with Gasteiger partial charge in [0.1, 0.15) is 0 Å². The van der Waals surface area contributed by atoms with Gasteiger partial charge in [0.25, 0.3) is 5.91 Å². The Kier molecular flexibility index (Phi) is 4.86. The van der Waals surface area contributed by atoms with Gasteiger partial charge in [-0.15, -0.1) is 0 Å². The lowest BCUT2D eigenvalue weighted by Crippen LogP contribution is -2.46. The number of nitrogens with zero attached hydrogens (tertiary/aromatic N) is 2. The molecule has 0 bridgehead atoms. The standard InChI is InChI=1S/C22H23N3O3/c26-20(17-6-7-18-19(14-17)24-15-23-18)25-12-10-22(11-13-25,21(27)28)9-8-16-4-2-1-3-5-16/h1-7,14-15H,8-13H2,(H,23,24)(H,27,28). The third-order valence-electron chi connectivity index (χ3n) is 5.86. The monoisotopic (exact) mass is 377 g/mol. The lowest BCUT2D eigenvalue weighted by Gasteiger charge is -2.39. The molecule has 0 radical (unpaired) electrons. The number of carboxylic acid groups (broad SMARTS) is 1. The van der Waals surface area contributed by atoms with Gasteiger partial charge in [-0.25, -0.2) is 4.98 Å². The molecule has 1 aliphatic heterocycles. The second-order valence-corrected chi connectivity index (χ2v) is 7.50. The van der Waals surface area contributed by atoms with Crippen molar-refractivity contribution in [2.45, 2.75) is 25.7 Å². The Morgan fingerprint density at radius 1 is 1.11 bits per heavy atom. The van der Waals surface area contributed by atoms with Crippen molar-refractivity contribution in [3.05, 3.63) is 66.0 Å². The van der Waals surface area contributed by atoms with Crippen LogP contribution in [0, 0.1) is 5.41 Å². The molecule has 1 saturated heterocycles. The molecule has 6 nitrogen and oxygen atoms in total. The van der Waals surface area contributed by atoms with Crippen LogP contribution in [0.4, 0.5) is 0 Å². The van der Waals surface area contributed by atoms with E-state index in [4.69, 9.17) is 0 Å². The second kappa shape index (κ2) is 7.46. The Labute approximate surface area is 163 Å². The van der Waals surface area contributed by atoms with E-state index in [2.05, 4.69) is 9.97 Å². The number of carbonyl (C=O) groups is 2. The van der Waals surface area contributed by atoms with Gasteiger partial charge in [0.2, 0.25) is 0 Å². The van der Waals surface area contributed by atoms with Gasteiger partial charge >= 0.3 is 5.97 Å². The van der Waals surface area contributed by atoms with Gasteiger partial charge in [0.15, 0.2) is 0 Å². The van der Waals surface area contributed by atoms with Crippen molar-refractivity contribution in [1.82, 2.24) is 14.9 Å². The number of fused-ring (bicyclic) bond motifs is 1. The molecule has 3 aromatic rings. The normalized spacial score (nSPS) is 16.2. The van der Waals surface area contributed by atoms with E-state index in [1.807, 2.05) is 36.4 Å². The Hall–Kier alpha value is -3.15. The molecule has 0 spiro atoms. The average molecular weight is 377 g/mol. The molecular weight excluding hydrogens is 354 g/mol. The minimum absolute atomic E-state index is 0.0569. The summed E-state index contributed by atoms with van der Waals surface area (Å²) < 4.78 is 0. The van der Waals surface area contributed by atoms with E-state index in [-0.39, 0.29) is 5.91 Å². The number of nitrogens with one attached hydrogen (secondary N) is 1. The molecule has 4 rings (SSSR count). The molecule has 2 aromatic carbocycles. The van der Waals surface area contributed by atoms with Crippen LogP contribution in [0.1, 0.15) is 35.2 Å². The molecule has 0 aliphatic carbocycles. The first-order chi connectivity index (χ1) is 13.6. The molecule has 2 heterocycles. The van der Waals surface area contributed by atoms with Crippen molar-refractivity contribution in [3.63, 3.8) is 0 Å². The Bertz CT molecular complexity index is 988. The predicted molar refractivity (Wildman–Crippen MR) is 106 cm³/mol. The minimum Gasteiger partial charge on any atom is -0.481 e. The van der Waals surface area contributed by atoms with Gasteiger partial charge in [-0.05, 0) is 49.4 Å². The molecule has 1 aromatic heterocycles. The molecule has 6 heteroatoms. The maximum absolute atomic E-state index is 12.9. The Morgan fingerprint density at radius 3 is 2.57 bits per heavy atom. The van der Waals surface area contributed by atoms with E-state index in [1.54, 1.807) is 23.4 Å². The Balaban J connectivity index is 1.43. The average Bonchev–Trinajstić information content (AvgIpc) is 3.20. The molecule has 2 N–H and O–H groups in total. The van der Waals surface area contributed by atoms with Crippen molar-refractivity contribution in [2.24, 2.45) is 5.41 Å². The van der Waals surface area contributed by atoms with E-state index >= 15 is 0 Å². The quantitative estimate of drug-likeness (QED) is 0.712. The summed E-state index contributed by atoms with van der Waals surface area (Å²) in [5.41, 5.74) is 2.63. The summed E-state index contributed by atoms with van der Waals surface area (Å²) in [5.74, 6) is -0.812. The first kappa shape index (κ1) is 18.2. The highest BCUT2D eigenvalue weighted by molar-refractivity contribution is 5.97. The molecule has 28 heavy (non-hydrogen) atoms. The fourth-order valence-corrected chi connectivity index (χ4v) is 3.99. The lowest BCUT2D eigenvalue weighted by atomic mass is 9.74. The molecule has 0 saturated carbocycles. The van der Waals surface area contributed by atoms with E-state index in [9.17, 15) is 14.7 Å². The minimum atomic E-state index is -0.764. The van der Waals surface area contributed by atoms with E-state index in [0.717, 1.165) is 23.0 Å². The number of aryl methyl sites for hydroxylation is 1. The maximum atomic E-state index is 12.9. The number of hydrogen-bond acceptors (Lipinski definition) is 3. The van der Waals surface area contributed by atoms with Crippen LogP contribution in [-0.4, -0.2) is 44.9 Å². The van der Waals surface area contributed by atoms with Gasteiger partial charge in [-0.2, -0.15) is 0 Å². The van der Waals surface area contributed by atoms with Gasteiger partial charge in [0.05, 0.1) is 22.8 Å². The number of H-pyrrole nitrogens is 1. The van der Waals surface area contributed by atoms with Crippen molar-refractivity contribution in [2.75, 3.05) is 13.1 Å². The largest absolute Gasteiger partial charge is 0.481 e. The lowest BCUT2D eigenvalue weighted by molar-refractivity contribution is -0.152. The van der Waals surface area contributed by atoms with Crippen molar-refractivity contribution in [3.8, 4) is 0 Å². The number of carbonyl (C=O) groups excluding carboxylic acids is 1. The number of carboxylic acids is 1. The summed E-state index contributed by atoms with van der Waals surface area (Å²) >= 11 is 0. The number of likely N-dealkylation sites (tertiary alicyclic amines) is 1. The highest BCUT2D eigenvalue weighted by atomic mass is 16.4. The molecule has 0 atom stereocenters. The number of aromatic nitrogens is 2. The van der Waals surface area contributed by atoms with Crippen LogP contribution in [0.25, 0.3) is 11.0 Å². The van der Waals surface area contributed by atoms with Crippen molar-refractivity contribution < 1.29 is 14.7 Å². The molecule has 1 aliphatic rings. The van der Waals surface area contributed by atoms with Gasteiger partial charge in [0, 0.05) is 18.7 Å². The van der Waals surface area contributed by atoms with Crippen molar-refractivity contribution >= 4 is 22.9 Å². The van der Waals surface area contributed by atoms with E-state index in [1.165, 1.54) is 0 Å². The van der Waals surface area contributed by atoms with Gasteiger partial charge in [-0.1, -0.05) is 30.3 Å². The van der Waals surface area contributed by atoms with E-state index in [0.29, 0.717) is 37.9 Å². The summed E-state index contributed by atoms with van der Waals surface area (Å²) in [4.78, 5) is 33.9. The zero-order valence-electron chi connectivity index (χ0n) is 15.6. The van der Waals surface area contributed by atoms with Crippen LogP contribution >= 0.6 is 0 Å². The van der Waals surface area contributed by atoms with Crippen LogP contribution in [0.15, 0.2) is 54.9 Å². The van der Waals surface area contributed by atoms with Crippen LogP contribution in [0.3, 0.4) is 0 Å². The molecular formula is C22H23N3O3. The zero-order chi connectivity index (χ0) is 19.6. The third-order valence-corrected chi connectivity index (χ3v) is 5.86. The van der Waals surface area contributed by atoms with Crippen LogP contribution in [0.5, 0.6) is 0 Å².